The van der Waals surface area contributed by atoms with Crippen molar-refractivity contribution >= 4 is 34.3 Å². The minimum atomic E-state index is -0.0165. The van der Waals surface area contributed by atoms with E-state index in [0.29, 0.717) is 0 Å². The van der Waals surface area contributed by atoms with E-state index >= 15 is 0 Å². The first-order valence-corrected chi connectivity index (χ1v) is 16.9. The number of rotatable bonds is 7. The molecule has 1 fully saturated rings. The van der Waals surface area contributed by atoms with Crippen molar-refractivity contribution in [2.45, 2.75) is 32.1 Å². The molecule has 47 heavy (non-hydrogen) atoms. The number of benzene rings is 6. The molecular weight excluding hydrogens is 611 g/mol. The van der Waals surface area contributed by atoms with Crippen LogP contribution in [0.15, 0.2) is 163 Å². The van der Waals surface area contributed by atoms with E-state index in [1.807, 2.05) is 24.3 Å². The lowest BCUT2D eigenvalue weighted by atomic mass is 9.59. The Balaban J connectivity index is 1.38. The SMILES string of the molecule is Cc1ccc(C2(C)CC/C2=C(\C=C(c2ccc(-c3ccc(Cl)cc3)cc2)c2ccc(-c3ccc(Cl)cc3)cc2)c2ccccc2)cc1. The van der Waals surface area contributed by atoms with Crippen LogP contribution < -0.4 is 0 Å². The smallest absolute Gasteiger partial charge is 0.0406 e. The van der Waals surface area contributed by atoms with Crippen LogP contribution in [0.1, 0.15) is 47.6 Å². The molecule has 0 saturated heterocycles. The Bertz CT molecular complexity index is 1960. The maximum Gasteiger partial charge on any atom is 0.0406 e. The van der Waals surface area contributed by atoms with Crippen LogP contribution in [0.5, 0.6) is 0 Å². The summed E-state index contributed by atoms with van der Waals surface area (Å²) in [4.78, 5) is 0. The summed E-state index contributed by atoms with van der Waals surface area (Å²) in [5.74, 6) is 0. The molecule has 1 aliphatic carbocycles. The van der Waals surface area contributed by atoms with Crippen LogP contribution in [0.2, 0.25) is 10.0 Å². The van der Waals surface area contributed by atoms with Gasteiger partial charge in [-0.3, -0.25) is 0 Å². The topological polar surface area (TPSA) is 0 Å². The van der Waals surface area contributed by atoms with Crippen LogP contribution in [0.3, 0.4) is 0 Å². The molecule has 230 valence electrons. The van der Waals surface area contributed by atoms with Gasteiger partial charge in [-0.05, 0) is 106 Å². The van der Waals surface area contributed by atoms with Crippen molar-refractivity contribution in [3.05, 3.63) is 201 Å². The summed E-state index contributed by atoms with van der Waals surface area (Å²) in [6.45, 7) is 4.57. The molecule has 0 aliphatic heterocycles. The van der Waals surface area contributed by atoms with Gasteiger partial charge < -0.3 is 0 Å². The molecule has 0 aromatic heterocycles. The zero-order valence-electron chi connectivity index (χ0n) is 26.7. The van der Waals surface area contributed by atoms with E-state index in [1.165, 1.54) is 44.5 Å². The molecule has 6 aromatic carbocycles. The number of aryl methyl sites for hydroxylation is 1. The molecule has 0 amide bonds. The molecule has 0 nitrogen and oxygen atoms in total. The van der Waals surface area contributed by atoms with Crippen molar-refractivity contribution in [2.75, 3.05) is 0 Å². The van der Waals surface area contributed by atoms with Gasteiger partial charge in [-0.2, -0.15) is 0 Å². The van der Waals surface area contributed by atoms with Crippen molar-refractivity contribution in [1.82, 2.24) is 0 Å². The zero-order chi connectivity index (χ0) is 32.4. The van der Waals surface area contributed by atoms with Crippen molar-refractivity contribution in [3.63, 3.8) is 0 Å². The van der Waals surface area contributed by atoms with Gasteiger partial charge in [-0.1, -0.05) is 169 Å². The summed E-state index contributed by atoms with van der Waals surface area (Å²) in [6, 6.07) is 53.9. The normalized spacial score (nSPS) is 16.7. The largest absolute Gasteiger partial charge is 0.0843 e. The van der Waals surface area contributed by atoms with Gasteiger partial charge in [0.05, 0.1) is 0 Å². The molecule has 0 bridgehead atoms. The zero-order valence-corrected chi connectivity index (χ0v) is 28.2. The first kappa shape index (κ1) is 31.0. The Kier molecular flexibility index (Phi) is 8.74. The van der Waals surface area contributed by atoms with Crippen LogP contribution in [-0.4, -0.2) is 0 Å². The molecule has 0 radical (unpaired) electrons. The molecule has 7 rings (SSSR count). The summed E-state index contributed by atoms with van der Waals surface area (Å²) < 4.78 is 0. The predicted molar refractivity (Wildman–Crippen MR) is 202 cm³/mol. The van der Waals surface area contributed by atoms with Gasteiger partial charge in [-0.15, -0.1) is 0 Å². The second-order valence-corrected chi connectivity index (χ2v) is 13.6. The third-order valence-electron chi connectivity index (χ3n) is 9.68. The molecule has 1 aliphatic rings. The first-order chi connectivity index (χ1) is 22.9. The van der Waals surface area contributed by atoms with Crippen molar-refractivity contribution < 1.29 is 0 Å². The Morgan fingerprint density at radius 2 is 0.979 bits per heavy atom. The molecule has 2 heteroatoms. The lowest BCUT2D eigenvalue weighted by molar-refractivity contribution is 0.398. The number of hydrogen-bond acceptors (Lipinski definition) is 0. The Labute approximate surface area is 288 Å². The highest BCUT2D eigenvalue weighted by atomic mass is 35.5. The number of halogens is 2. The highest BCUT2D eigenvalue weighted by Gasteiger charge is 2.40. The van der Waals surface area contributed by atoms with Gasteiger partial charge in [0.1, 0.15) is 0 Å². The fraction of sp³-hybridized carbons (Fsp3) is 0.111. The Hall–Kier alpha value is -4.62. The average Bonchev–Trinajstić information content (AvgIpc) is 3.11. The van der Waals surface area contributed by atoms with Crippen molar-refractivity contribution in [2.24, 2.45) is 0 Å². The lowest BCUT2D eigenvalue weighted by Crippen LogP contribution is -2.34. The van der Waals surface area contributed by atoms with Crippen LogP contribution >= 0.6 is 23.2 Å². The van der Waals surface area contributed by atoms with E-state index < -0.39 is 0 Å². The average molecular weight is 648 g/mol. The molecule has 0 heterocycles. The van der Waals surface area contributed by atoms with E-state index in [0.717, 1.165) is 45.1 Å². The van der Waals surface area contributed by atoms with E-state index in [-0.39, 0.29) is 5.41 Å². The van der Waals surface area contributed by atoms with Crippen molar-refractivity contribution in [3.8, 4) is 22.3 Å². The molecule has 6 aromatic rings. The van der Waals surface area contributed by atoms with Crippen LogP contribution in [0.4, 0.5) is 0 Å². The molecule has 0 N–H and O–H groups in total. The summed E-state index contributed by atoms with van der Waals surface area (Å²) in [7, 11) is 0. The van der Waals surface area contributed by atoms with Gasteiger partial charge in [-0.25, -0.2) is 0 Å². The van der Waals surface area contributed by atoms with E-state index in [2.05, 4.69) is 147 Å². The standard InChI is InChI=1S/C45H36Cl2/c1-31-8-22-39(23-9-31)45(2)29-28-44(45)43(36-6-4-3-5-7-36)30-42(37-14-10-32(11-15-37)34-18-24-40(46)25-19-34)38-16-12-33(13-17-38)35-20-26-41(47)27-21-35/h3-27,30H,28-29H2,1-2H3/b44-43-. The van der Waals surface area contributed by atoms with E-state index in [1.54, 1.807) is 0 Å². The fourth-order valence-electron chi connectivity index (χ4n) is 6.71. The predicted octanol–water partition coefficient (Wildman–Crippen LogP) is 13.3. The molecule has 1 atom stereocenters. The lowest BCUT2D eigenvalue weighted by Gasteiger charge is -2.44. The van der Waals surface area contributed by atoms with E-state index in [9.17, 15) is 0 Å². The highest BCUT2D eigenvalue weighted by molar-refractivity contribution is 6.30. The molecule has 1 saturated carbocycles. The third kappa shape index (κ3) is 6.50. The second-order valence-electron chi connectivity index (χ2n) is 12.7. The summed E-state index contributed by atoms with van der Waals surface area (Å²) in [5.41, 5.74) is 14.8. The number of hydrogen-bond donors (Lipinski definition) is 0. The van der Waals surface area contributed by atoms with Crippen molar-refractivity contribution in [1.29, 1.82) is 0 Å². The molecule has 0 spiro atoms. The Morgan fingerprint density at radius 3 is 1.40 bits per heavy atom. The number of allylic oxidation sites excluding steroid dienone is 3. The molecule has 1 unspecified atom stereocenters. The van der Waals surface area contributed by atoms with Crippen LogP contribution in [0, 0.1) is 6.92 Å². The van der Waals surface area contributed by atoms with Gasteiger partial charge in [0.25, 0.3) is 0 Å². The van der Waals surface area contributed by atoms with Gasteiger partial charge in [0.2, 0.25) is 0 Å². The maximum absolute atomic E-state index is 6.18. The maximum atomic E-state index is 6.18. The van der Waals surface area contributed by atoms with E-state index in [4.69, 9.17) is 23.2 Å². The highest BCUT2D eigenvalue weighted by Crippen LogP contribution is 2.52. The third-order valence-corrected chi connectivity index (χ3v) is 10.2. The van der Waals surface area contributed by atoms with Crippen LogP contribution in [0.25, 0.3) is 33.4 Å². The Morgan fingerprint density at radius 1 is 0.532 bits per heavy atom. The monoisotopic (exact) mass is 646 g/mol. The second kappa shape index (κ2) is 13.2. The summed E-state index contributed by atoms with van der Waals surface area (Å²) in [6.07, 6.45) is 4.64. The van der Waals surface area contributed by atoms with Gasteiger partial charge >= 0.3 is 0 Å². The van der Waals surface area contributed by atoms with Gasteiger partial charge in [0, 0.05) is 15.5 Å². The molecular formula is C45H36Cl2. The first-order valence-electron chi connectivity index (χ1n) is 16.2. The van der Waals surface area contributed by atoms with Gasteiger partial charge in [0.15, 0.2) is 0 Å². The summed E-state index contributed by atoms with van der Waals surface area (Å²) >= 11 is 12.4. The fourth-order valence-corrected chi connectivity index (χ4v) is 6.96. The van der Waals surface area contributed by atoms with Crippen LogP contribution in [-0.2, 0) is 5.41 Å². The summed E-state index contributed by atoms with van der Waals surface area (Å²) in [5, 5.41) is 1.49. The quantitative estimate of drug-likeness (QED) is 0.162. The minimum Gasteiger partial charge on any atom is -0.0843 e. The minimum absolute atomic E-state index is 0.0165.